The van der Waals surface area contributed by atoms with E-state index in [1.807, 2.05) is 0 Å². The highest BCUT2D eigenvalue weighted by Gasteiger charge is 2.31. The Morgan fingerprint density at radius 3 is 1.53 bits per heavy atom. The predicted octanol–water partition coefficient (Wildman–Crippen LogP) is 19.2. The van der Waals surface area contributed by atoms with Crippen LogP contribution in [0.1, 0.15) is 105 Å². The summed E-state index contributed by atoms with van der Waals surface area (Å²) in [6.45, 7) is 28.2. The molecule has 0 unspecified atom stereocenters. The van der Waals surface area contributed by atoms with Gasteiger partial charge in [-0.25, -0.2) is 4.98 Å². The van der Waals surface area contributed by atoms with E-state index in [4.69, 9.17) is 9.72 Å². The van der Waals surface area contributed by atoms with Crippen molar-refractivity contribution in [3.63, 3.8) is 0 Å². The first-order chi connectivity index (χ1) is 36.2. The van der Waals surface area contributed by atoms with Crippen molar-refractivity contribution in [2.45, 2.75) is 105 Å². The molecular weight excluding hydrogens is 927 g/mol. The van der Waals surface area contributed by atoms with Gasteiger partial charge in [0.05, 0.1) is 33.4 Å². The molecule has 6 nitrogen and oxygen atoms in total. The Balaban J connectivity index is 0.974. The summed E-state index contributed by atoms with van der Waals surface area (Å²) in [6.07, 6.45) is 2.09. The highest BCUT2D eigenvalue weighted by Crippen LogP contribution is 2.47. The van der Waals surface area contributed by atoms with Crippen LogP contribution >= 0.6 is 0 Å². The lowest BCUT2D eigenvalue weighted by atomic mass is 9.80. The standard InChI is InChI=1S/C70H69N5O/c1-67(2,3)46-30-28-45(29-31-46)58-43-71-66(42-59(58)70(10,11)12)75-64-40-50(74-60-24-15-13-22-54(60)55-23-14-16-25-61(55)74)32-34-56(64)57-35-33-53(41-65(57)75)76-52-21-19-20-49(39-52)72-44-73(63-27-18-17-26-62(63)72)51-37-47(68(4,5)6)36-48(38-51)69(7,8)9/h13-43H,44H2,1-12H3. The van der Waals surface area contributed by atoms with E-state index in [0.29, 0.717) is 6.67 Å². The molecule has 0 bridgehead atoms. The second-order valence-corrected chi connectivity index (χ2v) is 25.1. The zero-order valence-electron chi connectivity index (χ0n) is 46.2. The molecule has 0 N–H and O–H groups in total. The summed E-state index contributed by atoms with van der Waals surface area (Å²) in [6, 6.07) is 66.7. The van der Waals surface area contributed by atoms with Crippen molar-refractivity contribution in [2.24, 2.45) is 0 Å². The Bertz CT molecular complexity index is 3960. The lowest BCUT2D eigenvalue weighted by Crippen LogP contribution is -2.25. The zero-order chi connectivity index (χ0) is 53.1. The second kappa shape index (κ2) is 17.8. The van der Waals surface area contributed by atoms with Gasteiger partial charge in [0.15, 0.2) is 0 Å². The van der Waals surface area contributed by atoms with Crippen molar-refractivity contribution >= 4 is 66.4 Å². The van der Waals surface area contributed by atoms with E-state index in [2.05, 4.69) is 290 Å². The number of hydrogen-bond acceptors (Lipinski definition) is 4. The van der Waals surface area contributed by atoms with Gasteiger partial charge in [-0.3, -0.25) is 4.57 Å². The smallest absolute Gasteiger partial charge is 0.137 e. The van der Waals surface area contributed by atoms with Crippen LogP contribution < -0.4 is 14.5 Å². The van der Waals surface area contributed by atoms with Crippen LogP contribution in [0.3, 0.4) is 0 Å². The number of ether oxygens (including phenoxy) is 1. The van der Waals surface area contributed by atoms with Crippen LogP contribution in [0.4, 0.5) is 22.7 Å². The van der Waals surface area contributed by atoms with Crippen molar-refractivity contribution in [1.29, 1.82) is 0 Å². The number of para-hydroxylation sites is 4. The fourth-order valence-corrected chi connectivity index (χ4v) is 11.3. The first kappa shape index (κ1) is 48.8. The minimum Gasteiger partial charge on any atom is -0.457 e. The predicted molar refractivity (Wildman–Crippen MR) is 322 cm³/mol. The van der Waals surface area contributed by atoms with Gasteiger partial charge < -0.3 is 19.1 Å². The van der Waals surface area contributed by atoms with Gasteiger partial charge in [-0.2, -0.15) is 0 Å². The third-order valence-electron chi connectivity index (χ3n) is 15.6. The van der Waals surface area contributed by atoms with Gasteiger partial charge in [0.25, 0.3) is 0 Å². The molecule has 0 aliphatic carbocycles. The molecule has 76 heavy (non-hydrogen) atoms. The Labute approximate surface area is 448 Å². The van der Waals surface area contributed by atoms with Crippen LogP contribution in [0.15, 0.2) is 188 Å². The third-order valence-corrected chi connectivity index (χ3v) is 15.6. The number of pyridine rings is 1. The average molecular weight is 996 g/mol. The number of aromatic nitrogens is 3. The molecule has 4 heterocycles. The molecule has 8 aromatic carbocycles. The van der Waals surface area contributed by atoms with Crippen LogP contribution in [-0.4, -0.2) is 20.8 Å². The maximum absolute atomic E-state index is 6.97. The number of rotatable bonds is 7. The quantitative estimate of drug-likeness (QED) is 0.159. The first-order valence-corrected chi connectivity index (χ1v) is 27.0. The SMILES string of the molecule is CC(C)(C)c1ccc(-c2cnc(-n3c4cc(Oc5cccc(N6CN(c7cc(C(C)(C)C)cc(C(C)(C)C)c7)c7ccccc76)c5)ccc4c4ccc(-n5c6ccccc6c6ccccc65)cc43)cc2C(C)(C)C)cc1. The van der Waals surface area contributed by atoms with Crippen LogP contribution in [0.2, 0.25) is 0 Å². The van der Waals surface area contributed by atoms with Crippen molar-refractivity contribution in [2.75, 3.05) is 16.5 Å². The van der Waals surface area contributed by atoms with Crippen molar-refractivity contribution < 1.29 is 4.74 Å². The van der Waals surface area contributed by atoms with Gasteiger partial charge in [-0.15, -0.1) is 0 Å². The second-order valence-electron chi connectivity index (χ2n) is 25.1. The molecule has 0 radical (unpaired) electrons. The van der Waals surface area contributed by atoms with Gasteiger partial charge in [0.1, 0.15) is 24.0 Å². The number of hydrogen-bond donors (Lipinski definition) is 0. The molecule has 12 rings (SSSR count). The van der Waals surface area contributed by atoms with Crippen LogP contribution in [0.5, 0.6) is 11.5 Å². The van der Waals surface area contributed by atoms with E-state index in [9.17, 15) is 0 Å². The number of nitrogens with zero attached hydrogens (tertiary/aromatic N) is 5. The molecule has 1 aliphatic heterocycles. The Morgan fingerprint density at radius 1 is 0.382 bits per heavy atom. The fraction of sp³-hybridized carbons (Fsp3) is 0.243. The van der Waals surface area contributed by atoms with E-state index in [-0.39, 0.29) is 21.7 Å². The molecule has 6 heteroatoms. The summed E-state index contributed by atoms with van der Waals surface area (Å²) in [5.41, 5.74) is 17.6. The zero-order valence-corrected chi connectivity index (χ0v) is 46.2. The molecule has 0 amide bonds. The molecule has 1 aliphatic rings. The van der Waals surface area contributed by atoms with Gasteiger partial charge in [0, 0.05) is 62.5 Å². The summed E-state index contributed by atoms with van der Waals surface area (Å²) in [7, 11) is 0. The fourth-order valence-electron chi connectivity index (χ4n) is 11.3. The normalized spacial score (nSPS) is 13.4. The Hall–Kier alpha value is -8.09. The van der Waals surface area contributed by atoms with E-state index >= 15 is 0 Å². The number of benzene rings is 8. The lowest BCUT2D eigenvalue weighted by Gasteiger charge is -2.29. The maximum atomic E-state index is 6.97. The average Bonchev–Trinajstić information content (AvgIpc) is 4.15. The minimum atomic E-state index is -0.180. The topological polar surface area (TPSA) is 38.5 Å². The van der Waals surface area contributed by atoms with Crippen molar-refractivity contribution in [1.82, 2.24) is 14.1 Å². The minimum absolute atomic E-state index is 0.00424. The molecule has 0 spiro atoms. The molecule has 380 valence electrons. The van der Waals surface area contributed by atoms with E-state index in [0.717, 1.165) is 56.1 Å². The van der Waals surface area contributed by atoms with Gasteiger partial charge >= 0.3 is 0 Å². The largest absolute Gasteiger partial charge is 0.457 e. The van der Waals surface area contributed by atoms with E-state index < -0.39 is 0 Å². The monoisotopic (exact) mass is 996 g/mol. The van der Waals surface area contributed by atoms with E-state index in [1.54, 1.807) is 0 Å². The lowest BCUT2D eigenvalue weighted by molar-refractivity contribution is 0.483. The van der Waals surface area contributed by atoms with E-state index in [1.165, 1.54) is 66.7 Å². The summed E-state index contributed by atoms with van der Waals surface area (Å²) in [5.74, 6) is 2.38. The van der Waals surface area contributed by atoms with Crippen molar-refractivity contribution in [3.8, 4) is 34.1 Å². The maximum Gasteiger partial charge on any atom is 0.137 e. The summed E-state index contributed by atoms with van der Waals surface area (Å²) >= 11 is 0. The Morgan fingerprint density at radius 2 is 0.921 bits per heavy atom. The number of anilines is 4. The highest BCUT2D eigenvalue weighted by molar-refractivity contribution is 6.12. The number of fused-ring (bicyclic) bond motifs is 7. The van der Waals surface area contributed by atoms with Crippen LogP contribution in [0.25, 0.3) is 66.2 Å². The third kappa shape index (κ3) is 8.58. The summed E-state index contributed by atoms with van der Waals surface area (Å²) in [5, 5.41) is 4.75. The molecule has 3 aromatic heterocycles. The summed E-state index contributed by atoms with van der Waals surface area (Å²) in [4.78, 5) is 10.3. The summed E-state index contributed by atoms with van der Waals surface area (Å²) < 4.78 is 11.7. The molecule has 0 saturated carbocycles. The molecule has 0 fully saturated rings. The van der Waals surface area contributed by atoms with Gasteiger partial charge in [-0.05, 0) is 128 Å². The van der Waals surface area contributed by atoms with Gasteiger partial charge in [-0.1, -0.05) is 174 Å². The molecule has 11 aromatic rings. The molecule has 0 saturated heterocycles. The van der Waals surface area contributed by atoms with Crippen LogP contribution in [0, 0.1) is 0 Å². The first-order valence-electron chi connectivity index (χ1n) is 27.0. The highest BCUT2D eigenvalue weighted by atomic mass is 16.5. The van der Waals surface area contributed by atoms with Gasteiger partial charge in [0.2, 0.25) is 0 Å². The van der Waals surface area contributed by atoms with Crippen LogP contribution in [-0.2, 0) is 21.7 Å². The van der Waals surface area contributed by atoms with Crippen molar-refractivity contribution in [3.05, 3.63) is 210 Å². The molecule has 0 atom stereocenters. The molecular formula is C70H69N5O. The Kier molecular flexibility index (Phi) is 11.4.